The Morgan fingerprint density at radius 3 is 2.43 bits per heavy atom. The standard InChI is InChI=1S/C16H13F3N2O2/c1-11-6-7-21(15(22)14(11)8-20)9-12-2-4-13(5-3-12)23-10-16(17,18)19/h2-7H,9-10H2,1H3. The number of pyridine rings is 1. The molecule has 2 rings (SSSR count). The predicted octanol–water partition coefficient (Wildman–Crippen LogP) is 3.02. The van der Waals surface area contributed by atoms with Crippen LogP contribution < -0.4 is 10.3 Å². The third-order valence-electron chi connectivity index (χ3n) is 3.16. The van der Waals surface area contributed by atoms with Crippen LogP contribution in [-0.4, -0.2) is 17.4 Å². The van der Waals surface area contributed by atoms with Gasteiger partial charge in [-0.2, -0.15) is 18.4 Å². The largest absolute Gasteiger partial charge is 0.484 e. The lowest BCUT2D eigenvalue weighted by atomic mass is 10.1. The number of nitriles is 1. The van der Waals surface area contributed by atoms with Crippen molar-refractivity contribution in [3.63, 3.8) is 0 Å². The topological polar surface area (TPSA) is 55.0 Å². The lowest BCUT2D eigenvalue weighted by Gasteiger charge is -2.10. The molecule has 0 saturated heterocycles. The molecular weight excluding hydrogens is 309 g/mol. The highest BCUT2D eigenvalue weighted by Crippen LogP contribution is 2.19. The number of hydrogen-bond donors (Lipinski definition) is 0. The van der Waals surface area contributed by atoms with Crippen LogP contribution in [0.5, 0.6) is 5.75 Å². The number of hydrogen-bond acceptors (Lipinski definition) is 3. The van der Waals surface area contributed by atoms with Crippen LogP contribution in [0.15, 0.2) is 41.3 Å². The monoisotopic (exact) mass is 322 g/mol. The Morgan fingerprint density at radius 1 is 1.22 bits per heavy atom. The van der Waals surface area contributed by atoms with E-state index in [1.807, 2.05) is 6.07 Å². The van der Waals surface area contributed by atoms with Gasteiger partial charge in [-0.15, -0.1) is 0 Å². The molecule has 4 nitrogen and oxygen atoms in total. The van der Waals surface area contributed by atoms with Crippen molar-refractivity contribution in [1.82, 2.24) is 4.57 Å². The number of ether oxygens (including phenoxy) is 1. The SMILES string of the molecule is Cc1ccn(Cc2ccc(OCC(F)(F)F)cc2)c(=O)c1C#N. The average Bonchev–Trinajstić information content (AvgIpc) is 2.49. The normalized spacial score (nSPS) is 11.1. The molecule has 1 heterocycles. The van der Waals surface area contributed by atoms with Gasteiger partial charge in [-0.3, -0.25) is 4.79 Å². The van der Waals surface area contributed by atoms with E-state index in [1.54, 1.807) is 31.3 Å². The first-order valence-electron chi connectivity index (χ1n) is 6.69. The van der Waals surface area contributed by atoms with E-state index in [2.05, 4.69) is 4.74 Å². The molecule has 0 aliphatic rings. The fraction of sp³-hybridized carbons (Fsp3) is 0.250. The molecule has 0 aliphatic heterocycles. The van der Waals surface area contributed by atoms with E-state index in [-0.39, 0.29) is 17.9 Å². The molecular formula is C16H13F3N2O2. The van der Waals surface area contributed by atoms with Crippen molar-refractivity contribution in [1.29, 1.82) is 5.26 Å². The third kappa shape index (κ3) is 4.36. The molecule has 0 saturated carbocycles. The van der Waals surface area contributed by atoms with E-state index in [0.29, 0.717) is 11.1 Å². The molecule has 0 radical (unpaired) electrons. The van der Waals surface area contributed by atoms with Gasteiger partial charge in [0.05, 0.1) is 6.54 Å². The van der Waals surface area contributed by atoms with Gasteiger partial charge in [-0.05, 0) is 36.2 Å². The summed E-state index contributed by atoms with van der Waals surface area (Å²) < 4.78 is 42.2. The Morgan fingerprint density at radius 2 is 1.87 bits per heavy atom. The number of aromatic nitrogens is 1. The molecule has 0 N–H and O–H groups in total. The van der Waals surface area contributed by atoms with Gasteiger partial charge in [0.15, 0.2) is 6.61 Å². The summed E-state index contributed by atoms with van der Waals surface area (Å²) in [7, 11) is 0. The molecule has 23 heavy (non-hydrogen) atoms. The van der Waals surface area contributed by atoms with Crippen molar-refractivity contribution in [3.05, 3.63) is 63.6 Å². The summed E-state index contributed by atoms with van der Waals surface area (Å²) >= 11 is 0. The molecule has 0 atom stereocenters. The first-order valence-corrected chi connectivity index (χ1v) is 6.69. The predicted molar refractivity (Wildman–Crippen MR) is 77.2 cm³/mol. The van der Waals surface area contributed by atoms with Crippen molar-refractivity contribution in [2.24, 2.45) is 0 Å². The fourth-order valence-corrected chi connectivity index (χ4v) is 1.98. The molecule has 0 spiro atoms. The van der Waals surface area contributed by atoms with Crippen LogP contribution >= 0.6 is 0 Å². The summed E-state index contributed by atoms with van der Waals surface area (Å²) in [5.41, 5.74) is 0.992. The van der Waals surface area contributed by atoms with Crippen molar-refractivity contribution < 1.29 is 17.9 Å². The molecule has 0 aliphatic carbocycles. The number of benzene rings is 1. The zero-order valence-electron chi connectivity index (χ0n) is 12.2. The number of halogens is 3. The number of nitrogens with zero attached hydrogens (tertiary/aromatic N) is 2. The maximum Gasteiger partial charge on any atom is 0.422 e. The summed E-state index contributed by atoms with van der Waals surface area (Å²) in [6.45, 7) is 0.541. The zero-order valence-corrected chi connectivity index (χ0v) is 12.2. The summed E-state index contributed by atoms with van der Waals surface area (Å²) in [5.74, 6) is 0.0973. The second kappa shape index (κ2) is 6.57. The second-order valence-electron chi connectivity index (χ2n) is 4.97. The van der Waals surface area contributed by atoms with Crippen LogP contribution in [0.4, 0.5) is 13.2 Å². The molecule has 0 unspecified atom stereocenters. The van der Waals surface area contributed by atoms with Crippen LogP contribution in [0.2, 0.25) is 0 Å². The molecule has 1 aromatic carbocycles. The minimum Gasteiger partial charge on any atom is -0.484 e. The number of aryl methyl sites for hydroxylation is 1. The average molecular weight is 322 g/mol. The van der Waals surface area contributed by atoms with Gasteiger partial charge in [0.25, 0.3) is 5.56 Å². The van der Waals surface area contributed by atoms with E-state index in [9.17, 15) is 18.0 Å². The van der Waals surface area contributed by atoms with Crippen LogP contribution in [-0.2, 0) is 6.54 Å². The Hall–Kier alpha value is -2.75. The number of alkyl halides is 3. The Balaban J connectivity index is 2.13. The summed E-state index contributed by atoms with van der Waals surface area (Å²) in [4.78, 5) is 12.1. The van der Waals surface area contributed by atoms with Crippen LogP contribution in [0.25, 0.3) is 0 Å². The van der Waals surface area contributed by atoms with Gasteiger partial charge in [-0.1, -0.05) is 12.1 Å². The Labute approximate surface area is 130 Å². The van der Waals surface area contributed by atoms with Gasteiger partial charge in [-0.25, -0.2) is 0 Å². The second-order valence-corrected chi connectivity index (χ2v) is 4.97. The molecule has 0 amide bonds. The van der Waals surface area contributed by atoms with Crippen LogP contribution in [0.1, 0.15) is 16.7 Å². The minimum atomic E-state index is -4.39. The van der Waals surface area contributed by atoms with Crippen molar-refractivity contribution in [2.75, 3.05) is 6.61 Å². The highest BCUT2D eigenvalue weighted by Gasteiger charge is 2.28. The van der Waals surface area contributed by atoms with Gasteiger partial charge in [0.1, 0.15) is 17.4 Å². The molecule has 1 aromatic heterocycles. The van der Waals surface area contributed by atoms with Gasteiger partial charge in [0.2, 0.25) is 0 Å². The zero-order chi connectivity index (χ0) is 17.0. The molecule has 0 fully saturated rings. The smallest absolute Gasteiger partial charge is 0.422 e. The van der Waals surface area contributed by atoms with Gasteiger partial charge < -0.3 is 9.30 Å². The minimum absolute atomic E-state index is 0.0811. The lowest BCUT2D eigenvalue weighted by molar-refractivity contribution is -0.153. The van der Waals surface area contributed by atoms with Gasteiger partial charge >= 0.3 is 6.18 Å². The van der Waals surface area contributed by atoms with E-state index in [0.717, 1.165) is 0 Å². The first kappa shape index (κ1) is 16.6. The lowest BCUT2D eigenvalue weighted by Crippen LogP contribution is -2.23. The highest BCUT2D eigenvalue weighted by atomic mass is 19.4. The quantitative estimate of drug-likeness (QED) is 0.869. The van der Waals surface area contributed by atoms with Gasteiger partial charge in [0, 0.05) is 6.20 Å². The molecule has 7 heteroatoms. The Bertz CT molecular complexity index is 787. The van der Waals surface area contributed by atoms with Crippen molar-refractivity contribution in [3.8, 4) is 11.8 Å². The molecule has 120 valence electrons. The van der Waals surface area contributed by atoms with Crippen LogP contribution in [0.3, 0.4) is 0 Å². The Kier molecular flexibility index (Phi) is 4.74. The summed E-state index contributed by atoms with van der Waals surface area (Å²) in [5, 5.41) is 8.98. The van der Waals surface area contributed by atoms with E-state index in [1.165, 1.54) is 16.7 Å². The summed E-state index contributed by atoms with van der Waals surface area (Å²) in [6, 6.07) is 9.50. The van der Waals surface area contributed by atoms with Crippen LogP contribution in [0, 0.1) is 18.3 Å². The highest BCUT2D eigenvalue weighted by molar-refractivity contribution is 5.34. The molecule has 0 bridgehead atoms. The maximum atomic E-state index is 12.1. The fourth-order valence-electron chi connectivity index (χ4n) is 1.98. The first-order chi connectivity index (χ1) is 10.8. The number of rotatable bonds is 4. The van der Waals surface area contributed by atoms with Crippen molar-refractivity contribution >= 4 is 0 Å². The van der Waals surface area contributed by atoms with E-state index < -0.39 is 18.3 Å². The van der Waals surface area contributed by atoms with Crippen molar-refractivity contribution in [2.45, 2.75) is 19.6 Å². The van der Waals surface area contributed by atoms with E-state index >= 15 is 0 Å². The summed E-state index contributed by atoms with van der Waals surface area (Å²) in [6.07, 6.45) is -2.81. The maximum absolute atomic E-state index is 12.1. The van der Waals surface area contributed by atoms with E-state index in [4.69, 9.17) is 5.26 Å². The third-order valence-corrected chi connectivity index (χ3v) is 3.16. The molecule has 2 aromatic rings.